The topological polar surface area (TPSA) is 51.7 Å². The molecule has 27 heavy (non-hydrogen) atoms. The van der Waals surface area contributed by atoms with Crippen molar-refractivity contribution in [1.82, 2.24) is 4.98 Å². The number of halogens is 2. The molecule has 0 saturated heterocycles. The molecule has 1 aliphatic carbocycles. The summed E-state index contributed by atoms with van der Waals surface area (Å²) in [6.45, 7) is 2.05. The van der Waals surface area contributed by atoms with Crippen molar-refractivity contribution in [3.63, 3.8) is 0 Å². The SMILES string of the molecule is CCc1cc2c(cn1)CN(c1c(F)c(OC)cc(OC)c1F)C(=O)C21CC1. The molecule has 0 unspecified atom stereocenters. The van der Waals surface area contributed by atoms with Gasteiger partial charge in [-0.05, 0) is 36.5 Å². The van der Waals surface area contributed by atoms with Gasteiger partial charge in [0.25, 0.3) is 0 Å². The third kappa shape index (κ3) is 2.48. The molecule has 5 nitrogen and oxygen atoms in total. The van der Waals surface area contributed by atoms with Gasteiger partial charge in [-0.25, -0.2) is 8.78 Å². The number of carbonyl (C=O) groups is 1. The predicted molar refractivity (Wildman–Crippen MR) is 95.2 cm³/mol. The van der Waals surface area contributed by atoms with Gasteiger partial charge in [0.05, 0.1) is 26.2 Å². The molecule has 2 aliphatic rings. The smallest absolute Gasteiger partial charge is 0.238 e. The van der Waals surface area contributed by atoms with Gasteiger partial charge < -0.3 is 14.4 Å². The normalized spacial score (nSPS) is 17.1. The first kappa shape index (κ1) is 17.7. The molecule has 2 heterocycles. The van der Waals surface area contributed by atoms with Crippen molar-refractivity contribution in [2.75, 3.05) is 19.1 Å². The highest BCUT2D eigenvalue weighted by atomic mass is 19.1. The second-order valence-corrected chi connectivity index (χ2v) is 6.92. The molecular formula is C20H20F2N2O3. The monoisotopic (exact) mass is 374 g/mol. The van der Waals surface area contributed by atoms with E-state index in [0.29, 0.717) is 12.8 Å². The maximum atomic E-state index is 14.9. The molecule has 1 saturated carbocycles. The quantitative estimate of drug-likeness (QED) is 0.822. The van der Waals surface area contributed by atoms with Gasteiger partial charge in [-0.2, -0.15) is 0 Å². The van der Waals surface area contributed by atoms with Crippen molar-refractivity contribution in [3.8, 4) is 11.5 Å². The van der Waals surface area contributed by atoms with Crippen molar-refractivity contribution >= 4 is 11.6 Å². The third-order valence-corrected chi connectivity index (χ3v) is 5.47. The van der Waals surface area contributed by atoms with E-state index in [1.54, 1.807) is 6.20 Å². The van der Waals surface area contributed by atoms with Crippen molar-refractivity contribution in [3.05, 3.63) is 46.8 Å². The molecule has 1 amide bonds. The summed E-state index contributed by atoms with van der Waals surface area (Å²) in [6.07, 6.45) is 3.79. The van der Waals surface area contributed by atoms with E-state index in [9.17, 15) is 13.6 Å². The van der Waals surface area contributed by atoms with Crippen LogP contribution >= 0.6 is 0 Å². The summed E-state index contributed by atoms with van der Waals surface area (Å²) in [5.74, 6) is -2.48. The van der Waals surface area contributed by atoms with Crippen LogP contribution in [-0.4, -0.2) is 25.1 Å². The first-order valence-corrected chi connectivity index (χ1v) is 8.87. The number of pyridine rings is 1. The Bertz CT molecular complexity index is 913. The van der Waals surface area contributed by atoms with Crippen LogP contribution in [0.1, 0.15) is 36.6 Å². The summed E-state index contributed by atoms with van der Waals surface area (Å²) in [4.78, 5) is 18.8. The molecule has 142 valence electrons. The largest absolute Gasteiger partial charge is 0.493 e. The summed E-state index contributed by atoms with van der Waals surface area (Å²) < 4.78 is 39.9. The molecule has 2 aromatic rings. The van der Waals surface area contributed by atoms with Gasteiger partial charge in [0, 0.05) is 18.0 Å². The zero-order valence-electron chi connectivity index (χ0n) is 15.4. The molecule has 0 N–H and O–H groups in total. The third-order valence-electron chi connectivity index (χ3n) is 5.47. The Hall–Kier alpha value is -2.70. The minimum atomic E-state index is -0.915. The Labute approximate surface area is 155 Å². The number of hydrogen-bond acceptors (Lipinski definition) is 4. The number of methoxy groups -OCH3 is 2. The Kier molecular flexibility index (Phi) is 4.05. The standard InChI is InChI=1S/C20H20F2N2O3/c1-4-12-7-13-11(9-23-12)10-24(19(25)20(13)5-6-20)18-16(21)14(26-2)8-15(27-3)17(18)22/h7-9H,4-6,10H2,1-3H3. The summed E-state index contributed by atoms with van der Waals surface area (Å²) in [5, 5.41) is 0. The van der Waals surface area contributed by atoms with E-state index in [1.165, 1.54) is 19.1 Å². The molecule has 1 spiro atoms. The summed E-state index contributed by atoms with van der Waals surface area (Å²) >= 11 is 0. The zero-order chi connectivity index (χ0) is 19.3. The molecular weight excluding hydrogens is 354 g/mol. The van der Waals surface area contributed by atoms with Crippen LogP contribution in [0.5, 0.6) is 11.5 Å². The highest BCUT2D eigenvalue weighted by Crippen LogP contribution is 2.54. The summed E-state index contributed by atoms with van der Waals surface area (Å²) in [6, 6.07) is 3.09. The lowest BCUT2D eigenvalue weighted by atomic mass is 9.86. The fraction of sp³-hybridized carbons (Fsp3) is 0.400. The van der Waals surface area contributed by atoms with Crippen LogP contribution in [0.4, 0.5) is 14.5 Å². The minimum absolute atomic E-state index is 0.0527. The Morgan fingerprint density at radius 3 is 2.30 bits per heavy atom. The molecule has 1 aromatic heterocycles. The Morgan fingerprint density at radius 1 is 1.15 bits per heavy atom. The number of nitrogens with zero attached hydrogens (tertiary/aromatic N) is 2. The number of anilines is 1. The lowest BCUT2D eigenvalue weighted by Crippen LogP contribution is -2.45. The summed E-state index contributed by atoms with van der Waals surface area (Å²) in [5.41, 5.74) is 1.50. The van der Waals surface area contributed by atoms with Gasteiger partial charge >= 0.3 is 0 Å². The van der Waals surface area contributed by atoms with E-state index in [4.69, 9.17) is 9.47 Å². The van der Waals surface area contributed by atoms with Crippen LogP contribution in [0.25, 0.3) is 0 Å². The zero-order valence-corrected chi connectivity index (χ0v) is 15.4. The maximum absolute atomic E-state index is 14.9. The predicted octanol–water partition coefficient (Wildman–Crippen LogP) is 3.52. The molecule has 4 rings (SSSR count). The Balaban J connectivity index is 1.88. The van der Waals surface area contributed by atoms with Gasteiger partial charge in [-0.15, -0.1) is 0 Å². The molecule has 7 heteroatoms. The second-order valence-electron chi connectivity index (χ2n) is 6.92. The van der Waals surface area contributed by atoms with E-state index >= 15 is 0 Å². The van der Waals surface area contributed by atoms with E-state index in [-0.39, 0.29) is 24.0 Å². The van der Waals surface area contributed by atoms with Gasteiger partial charge in [0.1, 0.15) is 5.69 Å². The second kappa shape index (κ2) is 6.18. The Morgan fingerprint density at radius 2 is 1.78 bits per heavy atom. The number of hydrogen-bond donors (Lipinski definition) is 0. The van der Waals surface area contributed by atoms with Crippen LogP contribution in [0, 0.1) is 11.6 Å². The highest BCUT2D eigenvalue weighted by molar-refractivity contribution is 6.05. The van der Waals surface area contributed by atoms with E-state index in [1.807, 2.05) is 13.0 Å². The van der Waals surface area contributed by atoms with Crippen molar-refractivity contribution in [2.45, 2.75) is 38.1 Å². The number of aryl methyl sites for hydroxylation is 1. The number of aromatic nitrogens is 1. The lowest BCUT2D eigenvalue weighted by molar-refractivity contribution is -0.121. The van der Waals surface area contributed by atoms with Gasteiger partial charge in [0.15, 0.2) is 23.1 Å². The first-order valence-electron chi connectivity index (χ1n) is 8.87. The van der Waals surface area contributed by atoms with Gasteiger partial charge in [0.2, 0.25) is 5.91 Å². The number of benzene rings is 1. The molecule has 0 atom stereocenters. The number of ether oxygens (including phenoxy) is 2. The summed E-state index contributed by atoms with van der Waals surface area (Å²) in [7, 11) is 2.57. The molecule has 1 fully saturated rings. The van der Waals surface area contributed by atoms with Gasteiger partial charge in [-0.1, -0.05) is 6.92 Å². The molecule has 0 bridgehead atoms. The van der Waals surface area contributed by atoms with Gasteiger partial charge in [-0.3, -0.25) is 9.78 Å². The van der Waals surface area contributed by atoms with Crippen LogP contribution < -0.4 is 14.4 Å². The van der Waals surface area contributed by atoms with Crippen molar-refractivity contribution < 1.29 is 23.0 Å². The lowest BCUT2D eigenvalue weighted by Gasteiger charge is -2.35. The number of amides is 1. The van der Waals surface area contributed by atoms with Crippen LogP contribution in [0.15, 0.2) is 18.3 Å². The van der Waals surface area contributed by atoms with Crippen LogP contribution in [0.2, 0.25) is 0 Å². The average molecular weight is 374 g/mol. The molecule has 1 aromatic carbocycles. The maximum Gasteiger partial charge on any atom is 0.238 e. The van der Waals surface area contributed by atoms with Crippen LogP contribution in [0.3, 0.4) is 0 Å². The fourth-order valence-corrected chi connectivity index (χ4v) is 3.81. The number of fused-ring (bicyclic) bond motifs is 2. The van der Waals surface area contributed by atoms with E-state index in [2.05, 4.69) is 4.98 Å². The average Bonchev–Trinajstić information content (AvgIpc) is 3.47. The number of carbonyl (C=O) groups excluding carboxylic acids is 1. The van der Waals surface area contributed by atoms with Crippen molar-refractivity contribution in [2.24, 2.45) is 0 Å². The number of rotatable bonds is 4. The minimum Gasteiger partial charge on any atom is -0.493 e. The first-order chi connectivity index (χ1) is 13.0. The molecule has 1 aliphatic heterocycles. The van der Waals surface area contributed by atoms with Crippen LogP contribution in [-0.2, 0) is 23.2 Å². The van der Waals surface area contributed by atoms with E-state index in [0.717, 1.165) is 29.3 Å². The van der Waals surface area contributed by atoms with E-state index < -0.39 is 22.7 Å². The fourth-order valence-electron chi connectivity index (χ4n) is 3.81. The highest BCUT2D eigenvalue weighted by Gasteiger charge is 2.57. The van der Waals surface area contributed by atoms with Crippen molar-refractivity contribution in [1.29, 1.82) is 0 Å². The molecule has 0 radical (unpaired) electrons.